The molecule has 1 unspecified atom stereocenters. The number of hydrogen-bond acceptors (Lipinski definition) is 3. The normalized spacial score (nSPS) is 20.2. The molecule has 1 heterocycles. The second kappa shape index (κ2) is 3.96. The maximum atomic E-state index is 11.2. The molecule has 1 aliphatic heterocycles. The molecule has 0 radical (unpaired) electrons. The molecule has 84 valence electrons. The molecule has 1 aromatic rings. The molecule has 6 heteroatoms. The number of carbonyl (C=O) groups excluding carboxylic acids is 1. The van der Waals surface area contributed by atoms with Gasteiger partial charge in [0.2, 0.25) is 0 Å². The molecule has 1 atom stereocenters. The number of cyclic esters (lactones) is 1. The summed E-state index contributed by atoms with van der Waals surface area (Å²) in [4.78, 5) is 12.4. The van der Waals surface area contributed by atoms with Crippen LogP contribution < -0.4 is 0 Å². The molecule has 16 heavy (non-hydrogen) atoms. The fourth-order valence-corrected chi connectivity index (χ4v) is 1.94. The summed E-state index contributed by atoms with van der Waals surface area (Å²) in [6.45, 7) is 0. The average Bonchev–Trinajstić information content (AvgIpc) is 2.46. The Kier molecular flexibility index (Phi) is 2.78. The van der Waals surface area contributed by atoms with Crippen LogP contribution in [0.2, 0.25) is 10.0 Å². The van der Waals surface area contributed by atoms with E-state index in [0.717, 1.165) is 4.90 Å². The topological polar surface area (TPSA) is 53.4 Å². The highest BCUT2D eigenvalue weighted by Crippen LogP contribution is 2.33. The van der Waals surface area contributed by atoms with Gasteiger partial charge < -0.3 is 4.74 Å². The Bertz CT molecular complexity index is 476. The van der Waals surface area contributed by atoms with Crippen molar-refractivity contribution in [1.82, 2.24) is 4.90 Å². The van der Waals surface area contributed by atoms with Crippen LogP contribution in [0.3, 0.4) is 0 Å². The minimum atomic E-state index is -0.748. The Hall–Kier alpha value is -1.26. The lowest BCUT2D eigenvalue weighted by Gasteiger charge is -2.11. The zero-order valence-electron chi connectivity index (χ0n) is 8.33. The quantitative estimate of drug-likeness (QED) is 0.842. The summed E-state index contributed by atoms with van der Waals surface area (Å²) >= 11 is 11.7. The fraction of sp³-hybridized carbons (Fsp3) is 0.200. The monoisotopic (exact) mass is 258 g/mol. The van der Waals surface area contributed by atoms with Crippen LogP contribution in [0.4, 0.5) is 4.79 Å². The van der Waals surface area contributed by atoms with Crippen LogP contribution in [0.25, 0.3) is 0 Å². The first-order chi connectivity index (χ1) is 7.50. The maximum Gasteiger partial charge on any atom is 0.416 e. The van der Waals surface area contributed by atoms with E-state index in [2.05, 4.69) is 0 Å². The van der Waals surface area contributed by atoms with E-state index >= 15 is 0 Å². The minimum absolute atomic E-state index is 0.0641. The van der Waals surface area contributed by atoms with Crippen LogP contribution in [0.15, 0.2) is 18.2 Å². The van der Waals surface area contributed by atoms with Crippen molar-refractivity contribution in [3.8, 4) is 0 Å². The van der Waals surface area contributed by atoms with Gasteiger partial charge in [0.1, 0.15) is 0 Å². The lowest BCUT2D eigenvalue weighted by atomic mass is 10.1. The van der Waals surface area contributed by atoms with E-state index in [9.17, 15) is 4.79 Å². The highest BCUT2D eigenvalue weighted by Gasteiger charge is 2.36. The molecule has 0 bridgehead atoms. The molecular formula is C10H8Cl2N2O2. The van der Waals surface area contributed by atoms with Gasteiger partial charge in [-0.3, -0.25) is 10.3 Å². The molecule has 1 aliphatic rings. The molecule has 0 saturated carbocycles. The number of benzene rings is 1. The summed E-state index contributed by atoms with van der Waals surface area (Å²) in [5.74, 6) is 0.0641. The summed E-state index contributed by atoms with van der Waals surface area (Å²) in [5.41, 5.74) is 0.564. The van der Waals surface area contributed by atoms with E-state index in [1.54, 1.807) is 18.2 Å². The van der Waals surface area contributed by atoms with Crippen molar-refractivity contribution in [3.63, 3.8) is 0 Å². The molecule has 0 aliphatic carbocycles. The highest BCUT2D eigenvalue weighted by molar-refractivity contribution is 6.35. The van der Waals surface area contributed by atoms with Gasteiger partial charge in [-0.1, -0.05) is 29.3 Å². The standard InChI is InChI=1S/C10H8Cl2N2O2/c1-14-9(13)8(16-10(14)15)6-3-2-5(11)4-7(6)12/h2-4,8,13H,1H3. The third-order valence-corrected chi connectivity index (χ3v) is 2.91. The van der Waals surface area contributed by atoms with Crippen molar-refractivity contribution < 1.29 is 9.53 Å². The zero-order valence-corrected chi connectivity index (χ0v) is 9.84. The summed E-state index contributed by atoms with van der Waals surface area (Å²) in [5, 5.41) is 8.60. The summed E-state index contributed by atoms with van der Waals surface area (Å²) < 4.78 is 5.03. The maximum absolute atomic E-state index is 11.2. The zero-order chi connectivity index (χ0) is 11.9. The average molecular weight is 259 g/mol. The number of amidine groups is 1. The van der Waals surface area contributed by atoms with E-state index < -0.39 is 12.2 Å². The van der Waals surface area contributed by atoms with Gasteiger partial charge in [-0.2, -0.15) is 0 Å². The van der Waals surface area contributed by atoms with Gasteiger partial charge in [0.15, 0.2) is 11.9 Å². The highest BCUT2D eigenvalue weighted by atomic mass is 35.5. The number of hydrogen-bond donors (Lipinski definition) is 1. The van der Waals surface area contributed by atoms with Crippen LogP contribution in [-0.4, -0.2) is 23.9 Å². The molecule has 0 aromatic heterocycles. The molecule has 1 saturated heterocycles. The predicted molar refractivity (Wildman–Crippen MR) is 61.2 cm³/mol. The van der Waals surface area contributed by atoms with E-state index in [0.29, 0.717) is 15.6 Å². The minimum Gasteiger partial charge on any atom is -0.433 e. The van der Waals surface area contributed by atoms with Crippen LogP contribution in [0.1, 0.15) is 11.7 Å². The molecule has 1 N–H and O–H groups in total. The van der Waals surface area contributed by atoms with Gasteiger partial charge in [-0.05, 0) is 12.1 Å². The Morgan fingerprint density at radius 2 is 2.12 bits per heavy atom. The van der Waals surface area contributed by atoms with Gasteiger partial charge in [0, 0.05) is 22.7 Å². The van der Waals surface area contributed by atoms with Crippen molar-refractivity contribution >= 4 is 35.1 Å². The second-order valence-electron chi connectivity index (χ2n) is 3.37. The smallest absolute Gasteiger partial charge is 0.416 e. The molecule has 1 fully saturated rings. The van der Waals surface area contributed by atoms with Gasteiger partial charge in [-0.25, -0.2) is 4.79 Å². The Morgan fingerprint density at radius 3 is 2.62 bits per heavy atom. The molecule has 2 rings (SSSR count). The molecule has 0 spiro atoms. The lowest BCUT2D eigenvalue weighted by molar-refractivity contribution is 0.137. The van der Waals surface area contributed by atoms with Crippen molar-refractivity contribution in [1.29, 1.82) is 5.41 Å². The van der Waals surface area contributed by atoms with Crippen molar-refractivity contribution in [2.75, 3.05) is 7.05 Å². The van der Waals surface area contributed by atoms with E-state index in [-0.39, 0.29) is 5.84 Å². The van der Waals surface area contributed by atoms with Gasteiger partial charge in [0.25, 0.3) is 0 Å². The van der Waals surface area contributed by atoms with Gasteiger partial charge in [-0.15, -0.1) is 0 Å². The molecule has 1 aromatic carbocycles. The first-order valence-electron chi connectivity index (χ1n) is 4.48. The first kappa shape index (κ1) is 11.2. The van der Waals surface area contributed by atoms with Crippen LogP contribution in [0, 0.1) is 5.41 Å². The van der Waals surface area contributed by atoms with E-state index in [1.807, 2.05) is 0 Å². The number of halogens is 2. The largest absolute Gasteiger partial charge is 0.433 e. The summed E-state index contributed by atoms with van der Waals surface area (Å²) in [6, 6.07) is 4.84. The molecule has 1 amide bonds. The van der Waals surface area contributed by atoms with Crippen LogP contribution in [0.5, 0.6) is 0 Å². The number of likely N-dealkylation sites (N-methyl/N-ethyl adjacent to an activating group) is 1. The second-order valence-corrected chi connectivity index (χ2v) is 4.22. The number of nitrogens with one attached hydrogen (secondary N) is 1. The number of rotatable bonds is 1. The number of amides is 1. The van der Waals surface area contributed by atoms with E-state index in [4.69, 9.17) is 33.3 Å². The first-order valence-corrected chi connectivity index (χ1v) is 5.24. The third-order valence-electron chi connectivity index (χ3n) is 2.35. The van der Waals surface area contributed by atoms with Crippen molar-refractivity contribution in [2.45, 2.75) is 6.10 Å². The number of nitrogens with zero attached hydrogens (tertiary/aromatic N) is 1. The number of ether oxygens (including phenoxy) is 1. The summed E-state index contributed by atoms with van der Waals surface area (Å²) in [6.07, 6.45) is -1.30. The Morgan fingerprint density at radius 1 is 1.44 bits per heavy atom. The molecule has 4 nitrogen and oxygen atoms in total. The molecular weight excluding hydrogens is 251 g/mol. The Balaban J connectivity index is 2.39. The van der Waals surface area contributed by atoms with Crippen molar-refractivity contribution in [2.24, 2.45) is 0 Å². The van der Waals surface area contributed by atoms with Crippen LogP contribution >= 0.6 is 23.2 Å². The van der Waals surface area contributed by atoms with Crippen molar-refractivity contribution in [3.05, 3.63) is 33.8 Å². The van der Waals surface area contributed by atoms with Gasteiger partial charge in [0.05, 0.1) is 0 Å². The van der Waals surface area contributed by atoms with Gasteiger partial charge >= 0.3 is 6.09 Å². The predicted octanol–water partition coefficient (Wildman–Crippen LogP) is 3.09. The Labute approximate surface area is 102 Å². The van der Waals surface area contributed by atoms with Crippen LogP contribution in [-0.2, 0) is 4.74 Å². The number of carbonyl (C=O) groups is 1. The lowest BCUT2D eigenvalue weighted by Crippen LogP contribution is -2.23. The summed E-state index contributed by atoms with van der Waals surface area (Å²) in [7, 11) is 1.48. The third kappa shape index (κ3) is 1.74. The van der Waals surface area contributed by atoms with E-state index in [1.165, 1.54) is 7.05 Å². The SMILES string of the molecule is CN1C(=N)C(c2ccc(Cl)cc2Cl)OC1=O. The fourth-order valence-electron chi connectivity index (χ4n) is 1.43.